The van der Waals surface area contributed by atoms with E-state index < -0.39 is 41.6 Å². The molecular weight excluding hydrogens is 280 g/mol. The zero-order valence-corrected chi connectivity index (χ0v) is 13.1. The molecule has 18 heavy (non-hydrogen) atoms. The Morgan fingerprint density at radius 3 is 0.889 bits per heavy atom. The first-order valence-electron chi connectivity index (χ1n) is 5.41. The molecule has 0 aromatic carbocycles. The highest BCUT2D eigenvalue weighted by Crippen LogP contribution is 2.39. The van der Waals surface area contributed by atoms with Crippen LogP contribution >= 0.6 is 0 Å². The lowest BCUT2D eigenvalue weighted by Crippen LogP contribution is -2.53. The van der Waals surface area contributed by atoms with Crippen molar-refractivity contribution in [3.63, 3.8) is 0 Å². The van der Waals surface area contributed by atoms with Crippen LogP contribution < -0.4 is 0 Å². The second kappa shape index (κ2) is 4.73. The van der Waals surface area contributed by atoms with E-state index in [2.05, 4.69) is 0 Å². The van der Waals surface area contributed by atoms with Gasteiger partial charge in [0.25, 0.3) is 20.2 Å². The summed E-state index contributed by atoms with van der Waals surface area (Å²) < 4.78 is 64.6. The minimum Gasteiger partial charge on any atom is -0.285 e. The van der Waals surface area contributed by atoms with E-state index in [9.17, 15) is 25.9 Å². The molecule has 2 atom stereocenters. The van der Waals surface area contributed by atoms with Crippen molar-refractivity contribution in [3.05, 3.63) is 0 Å². The van der Waals surface area contributed by atoms with Gasteiger partial charge in [0.15, 0.2) is 0 Å². The number of rotatable bonds is 3. The summed E-state index contributed by atoms with van der Waals surface area (Å²) in [6.07, 6.45) is 0. The van der Waals surface area contributed by atoms with E-state index in [0.717, 1.165) is 0 Å². The number of hydrogen-bond acceptors (Lipinski definition) is 4. The molecule has 2 N–H and O–H groups in total. The molecule has 0 amide bonds. The maximum atomic E-state index is 11.5. The molecular formula is C10H22O6S2. The Bertz CT molecular complexity index is 441. The molecule has 110 valence electrons. The summed E-state index contributed by atoms with van der Waals surface area (Å²) in [6, 6.07) is 0. The molecule has 2 unspecified atom stereocenters. The maximum Gasteiger partial charge on any atom is 0.269 e. The van der Waals surface area contributed by atoms with E-state index in [1.165, 1.54) is 41.5 Å². The fourth-order valence-corrected chi connectivity index (χ4v) is 6.19. The molecule has 0 aromatic rings. The first-order chi connectivity index (χ1) is 7.49. The van der Waals surface area contributed by atoms with Crippen molar-refractivity contribution in [2.45, 2.75) is 52.0 Å². The van der Waals surface area contributed by atoms with Gasteiger partial charge in [-0.25, -0.2) is 0 Å². The molecule has 8 heteroatoms. The smallest absolute Gasteiger partial charge is 0.269 e. The molecule has 0 saturated heterocycles. The van der Waals surface area contributed by atoms with Crippen LogP contribution in [0.4, 0.5) is 0 Å². The molecule has 0 bridgehead atoms. The highest BCUT2D eigenvalue weighted by atomic mass is 32.2. The zero-order valence-electron chi connectivity index (χ0n) is 11.5. The molecule has 0 aliphatic rings. The first-order valence-corrected chi connectivity index (χ1v) is 8.42. The Labute approximate surface area is 109 Å². The lowest BCUT2D eigenvalue weighted by molar-refractivity contribution is 0.256. The van der Waals surface area contributed by atoms with E-state index >= 15 is 0 Å². The van der Waals surface area contributed by atoms with Gasteiger partial charge in [0, 0.05) is 0 Å². The standard InChI is InChI=1S/C10H22O6S2/c1-9(2,3)7(17(11,12)13)8(10(4,5)6)18(14,15)16/h7-8H,1-6H3,(H,11,12,13)(H,14,15,16). The van der Waals surface area contributed by atoms with Gasteiger partial charge < -0.3 is 0 Å². The third kappa shape index (κ3) is 4.49. The van der Waals surface area contributed by atoms with Crippen molar-refractivity contribution < 1.29 is 25.9 Å². The van der Waals surface area contributed by atoms with Gasteiger partial charge in [-0.15, -0.1) is 0 Å². The summed E-state index contributed by atoms with van der Waals surface area (Å²) in [7, 11) is -9.25. The Hall–Kier alpha value is -0.180. The first kappa shape index (κ1) is 17.8. The average molecular weight is 302 g/mol. The van der Waals surface area contributed by atoms with Crippen LogP contribution in [0.25, 0.3) is 0 Å². The Morgan fingerprint density at radius 1 is 0.667 bits per heavy atom. The van der Waals surface area contributed by atoms with Gasteiger partial charge in [0.05, 0.1) is 0 Å². The van der Waals surface area contributed by atoms with Gasteiger partial charge in [-0.2, -0.15) is 16.8 Å². The van der Waals surface area contributed by atoms with Crippen molar-refractivity contribution in [3.8, 4) is 0 Å². The quantitative estimate of drug-likeness (QED) is 0.766. The monoisotopic (exact) mass is 302 g/mol. The van der Waals surface area contributed by atoms with E-state index in [0.29, 0.717) is 0 Å². The summed E-state index contributed by atoms with van der Waals surface area (Å²) in [6.45, 7) is 8.97. The summed E-state index contributed by atoms with van der Waals surface area (Å²) >= 11 is 0. The largest absolute Gasteiger partial charge is 0.285 e. The van der Waals surface area contributed by atoms with Crippen LogP contribution in [-0.2, 0) is 20.2 Å². The maximum absolute atomic E-state index is 11.5. The molecule has 0 rings (SSSR count). The Balaban J connectivity index is 6.19. The molecule has 0 heterocycles. The minimum absolute atomic E-state index is 1.04. The Kier molecular flexibility index (Phi) is 4.69. The predicted octanol–water partition coefficient (Wildman–Crippen LogP) is 1.59. The van der Waals surface area contributed by atoms with Crippen LogP contribution in [0.15, 0.2) is 0 Å². The normalized spacial score (nSPS) is 18.4. The van der Waals surface area contributed by atoms with Gasteiger partial charge in [0.1, 0.15) is 10.5 Å². The van der Waals surface area contributed by atoms with Crippen molar-refractivity contribution in [1.29, 1.82) is 0 Å². The SMILES string of the molecule is CC(C)(C)C(C(C(C)(C)C)S(=O)(=O)O)S(=O)(=O)O. The van der Waals surface area contributed by atoms with Crippen molar-refractivity contribution >= 4 is 20.2 Å². The predicted molar refractivity (Wildman–Crippen MR) is 69.6 cm³/mol. The van der Waals surface area contributed by atoms with Gasteiger partial charge in [-0.05, 0) is 10.8 Å². The Morgan fingerprint density at radius 2 is 0.833 bits per heavy atom. The number of hydrogen-bond donors (Lipinski definition) is 2. The van der Waals surface area contributed by atoms with E-state index in [-0.39, 0.29) is 0 Å². The minimum atomic E-state index is -4.63. The van der Waals surface area contributed by atoms with Gasteiger partial charge >= 0.3 is 0 Å². The average Bonchev–Trinajstić information content (AvgIpc) is 1.89. The summed E-state index contributed by atoms with van der Waals surface area (Å²) in [5.41, 5.74) is -2.08. The molecule has 0 aliphatic carbocycles. The van der Waals surface area contributed by atoms with Crippen LogP contribution in [0.3, 0.4) is 0 Å². The molecule has 0 fully saturated rings. The van der Waals surface area contributed by atoms with Crippen molar-refractivity contribution in [2.24, 2.45) is 10.8 Å². The van der Waals surface area contributed by atoms with Gasteiger partial charge in [0.2, 0.25) is 0 Å². The third-order valence-electron chi connectivity index (χ3n) is 2.62. The molecule has 6 nitrogen and oxygen atoms in total. The fourth-order valence-electron chi connectivity index (χ4n) is 2.11. The highest BCUT2D eigenvalue weighted by molar-refractivity contribution is 7.90. The lowest BCUT2D eigenvalue weighted by Gasteiger charge is -2.39. The molecule has 0 radical (unpaired) electrons. The van der Waals surface area contributed by atoms with Gasteiger partial charge in [-0.1, -0.05) is 41.5 Å². The zero-order chi connectivity index (χ0) is 15.2. The van der Waals surface area contributed by atoms with Crippen LogP contribution in [0.1, 0.15) is 41.5 Å². The van der Waals surface area contributed by atoms with Crippen LogP contribution in [0, 0.1) is 10.8 Å². The second-order valence-corrected chi connectivity index (χ2v) is 9.68. The topological polar surface area (TPSA) is 109 Å². The molecule has 0 saturated carbocycles. The lowest BCUT2D eigenvalue weighted by atomic mass is 9.80. The van der Waals surface area contributed by atoms with Crippen molar-refractivity contribution in [2.75, 3.05) is 0 Å². The van der Waals surface area contributed by atoms with Crippen LogP contribution in [0.2, 0.25) is 0 Å². The van der Waals surface area contributed by atoms with Crippen molar-refractivity contribution in [1.82, 2.24) is 0 Å². The summed E-state index contributed by atoms with van der Waals surface area (Å²) in [5, 5.41) is -3.22. The van der Waals surface area contributed by atoms with E-state index in [1.54, 1.807) is 0 Å². The summed E-state index contributed by atoms with van der Waals surface area (Å²) in [4.78, 5) is 0. The fraction of sp³-hybridized carbons (Fsp3) is 1.00. The third-order valence-corrected chi connectivity index (χ3v) is 6.04. The van der Waals surface area contributed by atoms with Crippen LogP contribution in [-0.4, -0.2) is 36.4 Å². The molecule has 0 aromatic heterocycles. The molecule has 0 spiro atoms. The molecule has 0 aliphatic heterocycles. The van der Waals surface area contributed by atoms with E-state index in [1.807, 2.05) is 0 Å². The van der Waals surface area contributed by atoms with E-state index in [4.69, 9.17) is 0 Å². The van der Waals surface area contributed by atoms with Crippen LogP contribution in [0.5, 0.6) is 0 Å². The highest BCUT2D eigenvalue weighted by Gasteiger charge is 2.52. The second-order valence-electron chi connectivity index (χ2n) is 6.60. The summed E-state index contributed by atoms with van der Waals surface area (Å²) in [5.74, 6) is 0. The van der Waals surface area contributed by atoms with Gasteiger partial charge in [-0.3, -0.25) is 9.11 Å².